The monoisotopic (exact) mass is 325 g/mol. The molecule has 6 heteroatoms. The second-order valence-corrected chi connectivity index (χ2v) is 8.26. The summed E-state index contributed by atoms with van der Waals surface area (Å²) in [5, 5.41) is 3.97. The molecule has 0 heterocycles. The molecule has 0 N–H and O–H groups in total. The lowest BCUT2D eigenvalue weighted by Gasteiger charge is -2.27. The maximum absolute atomic E-state index is 5.82. The lowest BCUT2D eigenvalue weighted by Crippen LogP contribution is -2.45. The third-order valence-electron chi connectivity index (χ3n) is 3.12. The minimum atomic E-state index is -2.58. The average Bonchev–Trinajstić information content (AvgIpc) is 2.51. The van der Waals surface area contributed by atoms with Gasteiger partial charge in [0.05, 0.1) is 0 Å². The van der Waals surface area contributed by atoms with Crippen LogP contribution in [-0.4, -0.2) is 35.3 Å². The molecule has 1 aromatic rings. The minimum Gasteiger partial charge on any atom is -0.391 e. The highest BCUT2D eigenvalue weighted by molar-refractivity contribution is 6.60. The molecule has 0 aromatic heterocycles. The Labute approximate surface area is 134 Å². The molecule has 5 nitrogen and oxygen atoms in total. The summed E-state index contributed by atoms with van der Waals surface area (Å²) in [4.78, 5) is 5.29. The Hall–Kier alpha value is -1.21. The predicted molar refractivity (Wildman–Crippen MR) is 89.9 cm³/mol. The molecule has 124 valence electrons. The predicted octanol–water partition coefficient (Wildman–Crippen LogP) is 3.54. The van der Waals surface area contributed by atoms with Gasteiger partial charge in [0.1, 0.15) is 6.61 Å². The maximum Gasteiger partial charge on any atom is 0.501 e. The van der Waals surface area contributed by atoms with E-state index in [1.165, 1.54) is 5.56 Å². The first-order valence-corrected chi connectivity index (χ1v) is 9.42. The van der Waals surface area contributed by atoms with Crippen molar-refractivity contribution in [3.05, 3.63) is 35.4 Å². The standard InChI is InChI=1S/C16H27NO4Si/c1-14(2)21-22(18-4,19-5)12-6-11-17-20-13-16-9-7-15(3)8-10-16/h7-11,14H,6,12-13H2,1-5H3/b17-11-. The van der Waals surface area contributed by atoms with Crippen LogP contribution in [0.3, 0.4) is 0 Å². The van der Waals surface area contributed by atoms with E-state index >= 15 is 0 Å². The van der Waals surface area contributed by atoms with Crippen molar-refractivity contribution in [2.24, 2.45) is 5.16 Å². The first kappa shape index (κ1) is 18.8. The molecule has 0 atom stereocenters. The van der Waals surface area contributed by atoms with E-state index in [4.69, 9.17) is 18.1 Å². The quantitative estimate of drug-likeness (QED) is 0.375. The fraction of sp³-hybridized carbons (Fsp3) is 0.562. The summed E-state index contributed by atoms with van der Waals surface area (Å²) in [5.74, 6) is 0. The molecule has 0 aliphatic heterocycles. The second-order valence-electron chi connectivity index (χ2n) is 5.34. The van der Waals surface area contributed by atoms with Crippen LogP contribution in [0.25, 0.3) is 0 Å². The molecular weight excluding hydrogens is 298 g/mol. The van der Waals surface area contributed by atoms with Crippen molar-refractivity contribution in [1.29, 1.82) is 0 Å². The minimum absolute atomic E-state index is 0.0706. The van der Waals surface area contributed by atoms with Gasteiger partial charge in [0.2, 0.25) is 0 Å². The molecule has 22 heavy (non-hydrogen) atoms. The van der Waals surface area contributed by atoms with Crippen molar-refractivity contribution in [3.8, 4) is 0 Å². The molecule has 1 aromatic carbocycles. The van der Waals surface area contributed by atoms with E-state index in [1.807, 2.05) is 26.0 Å². The van der Waals surface area contributed by atoms with Crippen LogP contribution in [0.5, 0.6) is 0 Å². The lowest BCUT2D eigenvalue weighted by molar-refractivity contribution is 0.0704. The third-order valence-corrected chi connectivity index (χ3v) is 6.09. The van der Waals surface area contributed by atoms with Gasteiger partial charge < -0.3 is 18.1 Å². The van der Waals surface area contributed by atoms with Crippen LogP contribution in [0, 0.1) is 6.92 Å². The van der Waals surface area contributed by atoms with Crippen molar-refractivity contribution in [1.82, 2.24) is 0 Å². The number of hydrogen-bond acceptors (Lipinski definition) is 5. The second kappa shape index (κ2) is 9.73. The van der Waals surface area contributed by atoms with Gasteiger partial charge in [-0.05, 0) is 32.8 Å². The van der Waals surface area contributed by atoms with Crippen molar-refractivity contribution >= 4 is 15.0 Å². The lowest BCUT2D eigenvalue weighted by atomic mass is 10.2. The van der Waals surface area contributed by atoms with Crippen LogP contribution in [0.15, 0.2) is 29.4 Å². The first-order valence-electron chi connectivity index (χ1n) is 7.49. The number of aryl methyl sites for hydroxylation is 1. The first-order chi connectivity index (χ1) is 10.5. The molecule has 1 rings (SSSR count). The van der Waals surface area contributed by atoms with Gasteiger partial charge in [-0.3, -0.25) is 0 Å². The Morgan fingerprint density at radius 1 is 1.14 bits per heavy atom. The molecular formula is C16H27NO4Si. The van der Waals surface area contributed by atoms with Crippen LogP contribution in [0.4, 0.5) is 0 Å². The van der Waals surface area contributed by atoms with Gasteiger partial charge in [-0.15, -0.1) is 0 Å². The van der Waals surface area contributed by atoms with Crippen molar-refractivity contribution < 1.29 is 18.1 Å². The summed E-state index contributed by atoms with van der Waals surface area (Å²) in [6.07, 6.45) is 2.49. The van der Waals surface area contributed by atoms with E-state index in [9.17, 15) is 0 Å². The molecule has 0 fully saturated rings. The fourth-order valence-corrected chi connectivity index (χ4v) is 4.03. The summed E-state index contributed by atoms with van der Waals surface area (Å²) < 4.78 is 16.8. The Kier molecular flexibility index (Phi) is 8.33. The highest BCUT2D eigenvalue weighted by Crippen LogP contribution is 2.17. The number of nitrogens with zero attached hydrogens (tertiary/aromatic N) is 1. The Morgan fingerprint density at radius 3 is 2.32 bits per heavy atom. The SMILES string of the molecule is CO[Si](CC/C=N\OCc1ccc(C)cc1)(OC)OC(C)C. The maximum atomic E-state index is 5.82. The summed E-state index contributed by atoms with van der Waals surface area (Å²) >= 11 is 0. The van der Waals surface area contributed by atoms with E-state index < -0.39 is 8.80 Å². The molecule has 0 unspecified atom stereocenters. The molecule has 0 bridgehead atoms. The highest BCUT2D eigenvalue weighted by atomic mass is 28.4. The molecule has 0 aliphatic rings. The van der Waals surface area contributed by atoms with Gasteiger partial charge in [-0.1, -0.05) is 35.0 Å². The van der Waals surface area contributed by atoms with Gasteiger partial charge in [0, 0.05) is 32.6 Å². The van der Waals surface area contributed by atoms with Crippen molar-refractivity contribution in [2.45, 2.75) is 45.9 Å². The van der Waals surface area contributed by atoms with Crippen molar-refractivity contribution in [3.63, 3.8) is 0 Å². The summed E-state index contributed by atoms with van der Waals surface area (Å²) in [5.41, 5.74) is 2.33. The third kappa shape index (κ3) is 6.70. The van der Waals surface area contributed by atoms with Crippen molar-refractivity contribution in [2.75, 3.05) is 14.2 Å². The zero-order valence-electron chi connectivity index (χ0n) is 14.2. The Bertz CT molecular complexity index is 444. The average molecular weight is 325 g/mol. The normalized spacial score (nSPS) is 12.3. The summed E-state index contributed by atoms with van der Waals surface area (Å²) in [6, 6.07) is 8.87. The Morgan fingerprint density at radius 2 is 1.77 bits per heavy atom. The van der Waals surface area contributed by atoms with Gasteiger partial charge in [-0.25, -0.2) is 0 Å². The molecule has 0 spiro atoms. The van der Waals surface area contributed by atoms with Gasteiger partial charge in [0.15, 0.2) is 0 Å². The molecule has 0 saturated heterocycles. The highest BCUT2D eigenvalue weighted by Gasteiger charge is 2.39. The topological polar surface area (TPSA) is 49.3 Å². The van der Waals surface area contributed by atoms with Crippen LogP contribution >= 0.6 is 0 Å². The largest absolute Gasteiger partial charge is 0.501 e. The molecule has 0 amide bonds. The van der Waals surface area contributed by atoms with E-state index in [0.717, 1.165) is 5.56 Å². The zero-order valence-corrected chi connectivity index (χ0v) is 15.2. The number of rotatable bonds is 10. The van der Waals surface area contributed by atoms with Gasteiger partial charge in [0.25, 0.3) is 0 Å². The van der Waals surface area contributed by atoms with Crippen LogP contribution in [0.1, 0.15) is 31.4 Å². The van der Waals surface area contributed by atoms with E-state index in [2.05, 4.69) is 24.2 Å². The molecule has 0 radical (unpaired) electrons. The van der Waals surface area contributed by atoms with Crippen LogP contribution in [0.2, 0.25) is 6.04 Å². The Balaban J connectivity index is 2.33. The summed E-state index contributed by atoms with van der Waals surface area (Å²) in [7, 11) is 0.672. The zero-order chi connectivity index (χ0) is 16.4. The summed E-state index contributed by atoms with van der Waals surface area (Å²) in [6.45, 7) is 6.47. The fourth-order valence-electron chi connectivity index (χ4n) is 1.94. The van der Waals surface area contributed by atoms with E-state index in [0.29, 0.717) is 19.1 Å². The number of benzene rings is 1. The van der Waals surface area contributed by atoms with E-state index in [-0.39, 0.29) is 6.10 Å². The molecule has 0 saturated carbocycles. The van der Waals surface area contributed by atoms with Crippen LogP contribution in [-0.2, 0) is 24.7 Å². The van der Waals surface area contributed by atoms with E-state index in [1.54, 1.807) is 20.4 Å². The number of oxime groups is 1. The van der Waals surface area contributed by atoms with Gasteiger partial charge >= 0.3 is 8.80 Å². The number of hydrogen-bond donors (Lipinski definition) is 0. The molecule has 0 aliphatic carbocycles. The van der Waals surface area contributed by atoms with Gasteiger partial charge in [-0.2, -0.15) is 0 Å². The smallest absolute Gasteiger partial charge is 0.391 e. The van der Waals surface area contributed by atoms with Crippen LogP contribution < -0.4 is 0 Å².